The Morgan fingerprint density at radius 2 is 1.73 bits per heavy atom. The van der Waals surface area contributed by atoms with Gasteiger partial charge in [-0.05, 0) is 49.3 Å². The van der Waals surface area contributed by atoms with Gasteiger partial charge in [-0.1, -0.05) is 69.7 Å². The van der Waals surface area contributed by atoms with Crippen LogP contribution in [0.5, 0.6) is 11.6 Å². The highest BCUT2D eigenvalue weighted by molar-refractivity contribution is 6.00. The van der Waals surface area contributed by atoms with Crippen molar-refractivity contribution in [2.24, 2.45) is 5.92 Å². The van der Waals surface area contributed by atoms with Gasteiger partial charge in [0, 0.05) is 38.4 Å². The Bertz CT molecular complexity index is 1070. The first kappa shape index (κ1) is 32.2. The molecule has 1 saturated carbocycles. The van der Waals surface area contributed by atoms with Crippen LogP contribution in [0.2, 0.25) is 0 Å². The average molecular weight is 592 g/mol. The number of piperazine rings is 1. The fourth-order valence-electron chi connectivity index (χ4n) is 6.44. The monoisotopic (exact) mass is 590 g/mol. The van der Waals surface area contributed by atoms with E-state index in [0.29, 0.717) is 31.2 Å². The Morgan fingerprint density at radius 3 is 2.38 bits per heavy atom. The molecule has 1 spiro atoms. The molecule has 1 aromatic heterocycles. The molecular weight excluding hydrogens is 547 g/mol. The summed E-state index contributed by atoms with van der Waals surface area (Å²) < 4.78 is 5.81. The second kappa shape index (κ2) is 15.0. The minimum Gasteiger partial charge on any atom is -0.439 e. The number of halogens is 2. The van der Waals surface area contributed by atoms with Crippen LogP contribution in [-0.4, -0.2) is 57.8 Å². The van der Waals surface area contributed by atoms with Crippen LogP contribution in [0.4, 0.5) is 0 Å². The molecule has 1 unspecified atom stereocenters. The second-order valence-corrected chi connectivity index (χ2v) is 11.3. The van der Waals surface area contributed by atoms with Gasteiger partial charge in [0.15, 0.2) is 0 Å². The first-order valence-corrected chi connectivity index (χ1v) is 14.6. The van der Waals surface area contributed by atoms with Gasteiger partial charge in [0.05, 0.1) is 0 Å². The lowest BCUT2D eigenvalue weighted by molar-refractivity contribution is -0.162. The molecule has 3 heterocycles. The van der Waals surface area contributed by atoms with E-state index < -0.39 is 5.54 Å². The molecule has 2 amide bonds. The van der Waals surface area contributed by atoms with E-state index >= 15 is 0 Å². The quantitative estimate of drug-likeness (QED) is 0.379. The summed E-state index contributed by atoms with van der Waals surface area (Å²) in [5.74, 6) is 2.11. The zero-order valence-corrected chi connectivity index (χ0v) is 25.2. The third-order valence-electron chi connectivity index (χ3n) is 8.69. The summed E-state index contributed by atoms with van der Waals surface area (Å²) in [4.78, 5) is 36.2. The predicted molar refractivity (Wildman–Crippen MR) is 162 cm³/mol. The highest BCUT2D eigenvalue weighted by atomic mass is 35.5. The SMILES string of the molecule is CCCCN1C(=O)C(CC2CCCCC2)NC(=O)C12CCN(Cc1ccc(Oc3ccccc3)nc1)CC2.Cl.Cl. The lowest BCUT2D eigenvalue weighted by atomic mass is 9.79. The summed E-state index contributed by atoms with van der Waals surface area (Å²) in [6, 6.07) is 13.3. The number of hydrogen-bond acceptors (Lipinski definition) is 5. The van der Waals surface area contributed by atoms with Crippen LogP contribution in [0, 0.1) is 5.92 Å². The van der Waals surface area contributed by atoms with Crippen LogP contribution >= 0.6 is 24.8 Å². The standard InChI is InChI=1S/C31H42N4O3.2ClH/c1-2-3-18-35-29(36)27(21-24-10-6-4-7-11-24)33-30(37)31(35)16-19-34(20-17-31)23-25-14-15-28(32-22-25)38-26-12-8-5-9-13-26;;/h5,8-9,12-15,22,24,27H,2-4,6-7,10-11,16-21,23H2,1H3,(H,33,37);2*1H. The van der Waals surface area contributed by atoms with Crippen molar-refractivity contribution < 1.29 is 14.3 Å². The number of benzene rings is 1. The van der Waals surface area contributed by atoms with Gasteiger partial charge in [-0.2, -0.15) is 0 Å². The van der Waals surface area contributed by atoms with Crippen LogP contribution in [-0.2, 0) is 16.1 Å². The summed E-state index contributed by atoms with van der Waals surface area (Å²) in [6.45, 7) is 5.14. The Morgan fingerprint density at radius 1 is 1.00 bits per heavy atom. The summed E-state index contributed by atoms with van der Waals surface area (Å²) in [6.07, 6.45) is 12.1. The fourth-order valence-corrected chi connectivity index (χ4v) is 6.44. The first-order valence-electron chi connectivity index (χ1n) is 14.6. The number of para-hydroxylation sites is 1. The van der Waals surface area contributed by atoms with Gasteiger partial charge in [0.1, 0.15) is 17.3 Å². The van der Waals surface area contributed by atoms with Crippen LogP contribution in [0.15, 0.2) is 48.7 Å². The normalized spacial score (nSPS) is 21.3. The minimum atomic E-state index is -0.711. The van der Waals surface area contributed by atoms with Gasteiger partial charge < -0.3 is 15.0 Å². The van der Waals surface area contributed by atoms with Crippen molar-refractivity contribution in [1.29, 1.82) is 0 Å². The Labute approximate surface area is 251 Å². The van der Waals surface area contributed by atoms with Crippen LogP contribution in [0.25, 0.3) is 0 Å². The molecule has 1 aliphatic carbocycles. The van der Waals surface area contributed by atoms with E-state index in [1.165, 1.54) is 32.1 Å². The van der Waals surface area contributed by atoms with Crippen molar-refractivity contribution in [3.05, 3.63) is 54.2 Å². The maximum absolute atomic E-state index is 13.7. The minimum absolute atomic E-state index is 0. The van der Waals surface area contributed by atoms with Gasteiger partial charge in [0.25, 0.3) is 0 Å². The summed E-state index contributed by atoms with van der Waals surface area (Å²) in [7, 11) is 0. The molecule has 7 nitrogen and oxygen atoms in total. The summed E-state index contributed by atoms with van der Waals surface area (Å²) in [5, 5.41) is 3.20. The van der Waals surface area contributed by atoms with Crippen molar-refractivity contribution in [3.8, 4) is 11.6 Å². The Kier molecular flexibility index (Phi) is 12.1. The molecule has 2 saturated heterocycles. The molecular formula is C31H44Cl2N4O3. The second-order valence-electron chi connectivity index (χ2n) is 11.3. The Balaban J connectivity index is 0.00000220. The van der Waals surface area contributed by atoms with Crippen LogP contribution < -0.4 is 10.1 Å². The van der Waals surface area contributed by atoms with Crippen molar-refractivity contribution in [1.82, 2.24) is 20.1 Å². The third-order valence-corrected chi connectivity index (χ3v) is 8.69. The lowest BCUT2D eigenvalue weighted by Crippen LogP contribution is -2.73. The van der Waals surface area contributed by atoms with E-state index in [1.807, 2.05) is 47.5 Å². The molecule has 220 valence electrons. The summed E-state index contributed by atoms with van der Waals surface area (Å²) >= 11 is 0. The van der Waals surface area contributed by atoms with E-state index in [0.717, 1.165) is 50.2 Å². The molecule has 1 N–H and O–H groups in total. The van der Waals surface area contributed by atoms with Crippen molar-refractivity contribution in [2.45, 2.75) is 89.3 Å². The molecule has 0 radical (unpaired) electrons. The molecule has 9 heteroatoms. The first-order chi connectivity index (χ1) is 18.6. The molecule has 1 atom stereocenters. The molecule has 1 aromatic carbocycles. The van der Waals surface area contributed by atoms with Gasteiger partial charge in [-0.25, -0.2) is 4.98 Å². The highest BCUT2D eigenvalue weighted by Crippen LogP contribution is 2.36. The van der Waals surface area contributed by atoms with E-state index in [9.17, 15) is 9.59 Å². The maximum Gasteiger partial charge on any atom is 0.246 e. The number of likely N-dealkylation sites (tertiary alicyclic amines) is 1. The number of unbranched alkanes of at least 4 members (excludes halogenated alkanes) is 1. The van der Waals surface area contributed by atoms with Gasteiger partial charge in [-0.15, -0.1) is 24.8 Å². The van der Waals surface area contributed by atoms with Crippen molar-refractivity contribution >= 4 is 36.6 Å². The van der Waals surface area contributed by atoms with E-state index in [1.54, 1.807) is 0 Å². The molecule has 3 aliphatic rings. The van der Waals surface area contributed by atoms with E-state index in [4.69, 9.17) is 4.74 Å². The van der Waals surface area contributed by atoms with Gasteiger partial charge in [0.2, 0.25) is 17.7 Å². The number of nitrogens with one attached hydrogen (secondary N) is 1. The van der Waals surface area contributed by atoms with Gasteiger partial charge in [-0.3, -0.25) is 14.5 Å². The topological polar surface area (TPSA) is 74.8 Å². The number of hydrogen-bond donors (Lipinski definition) is 1. The zero-order chi connectivity index (χ0) is 26.4. The fraction of sp³-hybridized carbons (Fsp3) is 0.581. The van der Waals surface area contributed by atoms with Crippen molar-refractivity contribution in [2.75, 3.05) is 19.6 Å². The predicted octanol–water partition coefficient (Wildman–Crippen LogP) is 6.15. The van der Waals surface area contributed by atoms with E-state index in [-0.39, 0.29) is 42.7 Å². The average Bonchev–Trinajstić information content (AvgIpc) is 2.95. The molecule has 5 rings (SSSR count). The smallest absolute Gasteiger partial charge is 0.246 e. The largest absolute Gasteiger partial charge is 0.439 e. The third kappa shape index (κ3) is 7.48. The molecule has 2 aromatic rings. The maximum atomic E-state index is 13.7. The number of piperidine rings is 1. The van der Waals surface area contributed by atoms with Crippen LogP contribution in [0.3, 0.4) is 0 Å². The molecule has 0 bridgehead atoms. The number of carbonyl (C=O) groups is 2. The lowest BCUT2D eigenvalue weighted by Gasteiger charge is -2.52. The number of nitrogens with zero attached hydrogens (tertiary/aromatic N) is 3. The number of aromatic nitrogens is 1. The molecule has 40 heavy (non-hydrogen) atoms. The number of carbonyl (C=O) groups excluding carboxylic acids is 2. The zero-order valence-electron chi connectivity index (χ0n) is 23.6. The molecule has 3 fully saturated rings. The van der Waals surface area contributed by atoms with Crippen LogP contribution in [0.1, 0.15) is 76.7 Å². The Hall–Kier alpha value is -2.35. The van der Waals surface area contributed by atoms with Crippen molar-refractivity contribution in [3.63, 3.8) is 0 Å². The number of pyridine rings is 1. The highest BCUT2D eigenvalue weighted by Gasteiger charge is 2.53. The number of ether oxygens (including phenoxy) is 1. The number of rotatable bonds is 9. The van der Waals surface area contributed by atoms with E-state index in [2.05, 4.69) is 28.2 Å². The summed E-state index contributed by atoms with van der Waals surface area (Å²) in [5.41, 5.74) is 0.401. The molecule has 2 aliphatic heterocycles. The van der Waals surface area contributed by atoms with Gasteiger partial charge >= 0.3 is 0 Å². The number of amides is 2.